The van der Waals surface area contributed by atoms with Crippen molar-refractivity contribution >= 4 is 34.8 Å². The molecule has 24 heavy (non-hydrogen) atoms. The Bertz CT molecular complexity index is 793. The summed E-state index contributed by atoms with van der Waals surface area (Å²) in [6.45, 7) is 0. The third-order valence-electron chi connectivity index (χ3n) is 2.83. The first-order chi connectivity index (χ1) is 11.2. The zero-order valence-corrected chi connectivity index (χ0v) is 12.5. The molecule has 0 aliphatic heterocycles. The minimum Gasteiger partial charge on any atom is -0.318 e. The summed E-state index contributed by atoms with van der Waals surface area (Å²) in [6.07, 6.45) is -4.58. The Labute approximate surface area is 138 Å². The summed E-state index contributed by atoms with van der Waals surface area (Å²) in [4.78, 5) is 23.4. The quantitative estimate of drug-likeness (QED) is 0.626. The minimum absolute atomic E-state index is 0.0607. The summed E-state index contributed by atoms with van der Waals surface area (Å²) in [7, 11) is 0. The van der Waals surface area contributed by atoms with E-state index < -0.39 is 29.4 Å². The van der Waals surface area contributed by atoms with Crippen LogP contribution in [0.5, 0.6) is 0 Å². The average molecular weight is 361 g/mol. The highest BCUT2D eigenvalue weighted by Crippen LogP contribution is 2.30. The van der Waals surface area contributed by atoms with Gasteiger partial charge in [-0.3, -0.25) is 9.59 Å². The lowest BCUT2D eigenvalue weighted by molar-refractivity contribution is -0.137. The molecule has 0 bridgehead atoms. The van der Waals surface area contributed by atoms with E-state index in [1.807, 2.05) is 5.32 Å². The lowest BCUT2D eigenvalue weighted by Gasteiger charge is -2.10. The molecule has 0 unspecified atom stereocenters. The number of hydrogen-bond acceptors (Lipinski definition) is 2. The molecule has 4 nitrogen and oxygen atoms in total. The molecule has 0 spiro atoms. The Balaban J connectivity index is 2.06. The third-order valence-corrected chi connectivity index (χ3v) is 3.12. The number of carbonyl (C=O) groups excluding carboxylic acids is 2. The fourth-order valence-corrected chi connectivity index (χ4v) is 1.90. The molecule has 2 aromatic rings. The molecule has 2 amide bonds. The maximum absolute atomic E-state index is 13.0. The molecule has 0 saturated heterocycles. The SMILES string of the molecule is O=C(Nc1cccc(C(F)(F)F)c1)C(=O)Nc1ccc(F)c(Cl)c1. The van der Waals surface area contributed by atoms with Gasteiger partial charge >= 0.3 is 18.0 Å². The van der Waals surface area contributed by atoms with Gasteiger partial charge in [-0.25, -0.2) is 4.39 Å². The largest absolute Gasteiger partial charge is 0.416 e. The van der Waals surface area contributed by atoms with Crippen molar-refractivity contribution in [2.24, 2.45) is 0 Å². The smallest absolute Gasteiger partial charge is 0.318 e. The zero-order chi connectivity index (χ0) is 17.9. The van der Waals surface area contributed by atoms with Crippen LogP contribution in [0.4, 0.5) is 28.9 Å². The third kappa shape index (κ3) is 4.45. The molecule has 0 atom stereocenters. The van der Waals surface area contributed by atoms with Gasteiger partial charge in [0.1, 0.15) is 5.82 Å². The van der Waals surface area contributed by atoms with Crippen LogP contribution < -0.4 is 10.6 Å². The summed E-state index contributed by atoms with van der Waals surface area (Å²) in [5.74, 6) is -3.03. The Morgan fingerprint density at radius 1 is 0.917 bits per heavy atom. The van der Waals surface area contributed by atoms with E-state index in [0.717, 1.165) is 24.3 Å². The number of benzene rings is 2. The van der Waals surface area contributed by atoms with Crippen LogP contribution in [-0.2, 0) is 15.8 Å². The summed E-state index contributed by atoms with van der Waals surface area (Å²) in [5, 5.41) is 3.93. The first-order valence-corrected chi connectivity index (χ1v) is 6.79. The molecule has 0 aliphatic rings. The van der Waals surface area contributed by atoms with Crippen molar-refractivity contribution in [2.45, 2.75) is 6.18 Å². The van der Waals surface area contributed by atoms with Crippen molar-refractivity contribution in [2.75, 3.05) is 10.6 Å². The van der Waals surface area contributed by atoms with E-state index >= 15 is 0 Å². The van der Waals surface area contributed by atoms with Crippen LogP contribution in [0.15, 0.2) is 42.5 Å². The molecular weight excluding hydrogens is 352 g/mol. The fourth-order valence-electron chi connectivity index (χ4n) is 1.72. The Morgan fingerprint density at radius 2 is 1.50 bits per heavy atom. The van der Waals surface area contributed by atoms with Gasteiger partial charge in [-0.1, -0.05) is 17.7 Å². The first kappa shape index (κ1) is 17.7. The normalized spacial score (nSPS) is 11.0. The van der Waals surface area contributed by atoms with Crippen LogP contribution >= 0.6 is 11.6 Å². The number of nitrogens with one attached hydrogen (secondary N) is 2. The van der Waals surface area contributed by atoms with Crippen molar-refractivity contribution < 1.29 is 27.2 Å². The second-order valence-electron chi connectivity index (χ2n) is 4.62. The van der Waals surface area contributed by atoms with E-state index in [4.69, 9.17) is 11.6 Å². The summed E-state index contributed by atoms with van der Waals surface area (Å²) in [5.41, 5.74) is -1.10. The minimum atomic E-state index is -4.58. The molecule has 0 heterocycles. The predicted molar refractivity (Wildman–Crippen MR) is 80.1 cm³/mol. The maximum atomic E-state index is 13.0. The lowest BCUT2D eigenvalue weighted by atomic mass is 10.2. The van der Waals surface area contributed by atoms with Gasteiger partial charge < -0.3 is 10.6 Å². The molecule has 0 aromatic heterocycles. The van der Waals surface area contributed by atoms with Crippen LogP contribution in [0.1, 0.15) is 5.56 Å². The number of hydrogen-bond donors (Lipinski definition) is 2. The highest BCUT2D eigenvalue weighted by atomic mass is 35.5. The van der Waals surface area contributed by atoms with Gasteiger partial charge in [0.25, 0.3) is 0 Å². The van der Waals surface area contributed by atoms with Crippen LogP contribution in [0.2, 0.25) is 5.02 Å². The van der Waals surface area contributed by atoms with E-state index in [1.165, 1.54) is 12.1 Å². The van der Waals surface area contributed by atoms with Crippen LogP contribution in [0, 0.1) is 5.82 Å². The number of amides is 2. The summed E-state index contributed by atoms with van der Waals surface area (Å²) >= 11 is 5.53. The van der Waals surface area contributed by atoms with Crippen molar-refractivity contribution in [1.29, 1.82) is 0 Å². The number of halogens is 5. The number of alkyl halides is 3. The first-order valence-electron chi connectivity index (χ1n) is 6.41. The van der Waals surface area contributed by atoms with E-state index in [2.05, 4.69) is 5.32 Å². The highest BCUT2D eigenvalue weighted by Gasteiger charge is 2.30. The molecule has 0 aliphatic carbocycles. The van der Waals surface area contributed by atoms with Gasteiger partial charge in [0.2, 0.25) is 0 Å². The zero-order valence-electron chi connectivity index (χ0n) is 11.7. The summed E-state index contributed by atoms with van der Waals surface area (Å²) < 4.78 is 50.8. The van der Waals surface area contributed by atoms with Crippen molar-refractivity contribution in [1.82, 2.24) is 0 Å². The van der Waals surface area contributed by atoms with Crippen molar-refractivity contribution in [3.63, 3.8) is 0 Å². The van der Waals surface area contributed by atoms with E-state index in [1.54, 1.807) is 0 Å². The topological polar surface area (TPSA) is 58.2 Å². The van der Waals surface area contributed by atoms with Crippen LogP contribution in [-0.4, -0.2) is 11.8 Å². The lowest BCUT2D eigenvalue weighted by Crippen LogP contribution is -2.29. The number of rotatable bonds is 2. The van der Waals surface area contributed by atoms with Crippen LogP contribution in [0.3, 0.4) is 0 Å². The van der Waals surface area contributed by atoms with Crippen molar-refractivity contribution in [3.8, 4) is 0 Å². The highest BCUT2D eigenvalue weighted by molar-refractivity contribution is 6.43. The molecule has 0 saturated carbocycles. The van der Waals surface area contributed by atoms with E-state index in [0.29, 0.717) is 6.07 Å². The van der Waals surface area contributed by atoms with Gasteiger partial charge in [-0.05, 0) is 36.4 Å². The molecule has 0 radical (unpaired) electrons. The Hall–Kier alpha value is -2.61. The number of carbonyl (C=O) groups is 2. The van der Waals surface area contributed by atoms with Gasteiger partial charge in [0, 0.05) is 11.4 Å². The van der Waals surface area contributed by atoms with E-state index in [9.17, 15) is 27.2 Å². The average Bonchev–Trinajstić information content (AvgIpc) is 2.50. The molecule has 2 aromatic carbocycles. The number of anilines is 2. The molecular formula is C15H9ClF4N2O2. The fraction of sp³-hybridized carbons (Fsp3) is 0.0667. The molecule has 126 valence electrons. The monoisotopic (exact) mass is 360 g/mol. The molecule has 0 fully saturated rings. The molecule has 2 rings (SSSR count). The van der Waals surface area contributed by atoms with Gasteiger partial charge in [-0.2, -0.15) is 13.2 Å². The second kappa shape index (κ2) is 6.88. The van der Waals surface area contributed by atoms with Gasteiger partial charge in [-0.15, -0.1) is 0 Å². The Kier molecular flexibility index (Phi) is 5.08. The van der Waals surface area contributed by atoms with Crippen molar-refractivity contribution in [3.05, 3.63) is 58.9 Å². The second-order valence-corrected chi connectivity index (χ2v) is 5.02. The predicted octanol–water partition coefficient (Wildman–Crippen LogP) is 4.08. The maximum Gasteiger partial charge on any atom is 0.416 e. The van der Waals surface area contributed by atoms with E-state index in [-0.39, 0.29) is 16.4 Å². The molecule has 2 N–H and O–H groups in total. The van der Waals surface area contributed by atoms with Crippen LogP contribution in [0.25, 0.3) is 0 Å². The Morgan fingerprint density at radius 3 is 2.04 bits per heavy atom. The van der Waals surface area contributed by atoms with Gasteiger partial charge in [0.15, 0.2) is 0 Å². The summed E-state index contributed by atoms with van der Waals surface area (Å²) in [6, 6.07) is 7.08. The molecule has 9 heteroatoms. The standard InChI is InChI=1S/C15H9ClF4N2O2/c16-11-7-10(4-5-12(11)17)22-14(24)13(23)21-9-3-1-2-8(6-9)15(18,19)20/h1-7H,(H,21,23)(H,22,24). The van der Waals surface area contributed by atoms with Gasteiger partial charge in [0.05, 0.1) is 10.6 Å².